The molecule has 0 spiro atoms. The molecule has 2 heterocycles. The van der Waals surface area contributed by atoms with E-state index in [1.165, 1.54) is 0 Å². The molecule has 0 aromatic carbocycles. The maximum absolute atomic E-state index is 5.48. The van der Waals surface area contributed by atoms with Gasteiger partial charge in [-0.25, -0.2) is 0 Å². The van der Waals surface area contributed by atoms with Crippen LogP contribution in [0.2, 0.25) is 0 Å². The molecule has 0 saturated carbocycles. The van der Waals surface area contributed by atoms with Crippen molar-refractivity contribution in [3.63, 3.8) is 0 Å². The van der Waals surface area contributed by atoms with Gasteiger partial charge in [-0.15, -0.1) is 10.2 Å². The number of pyridine rings is 1. The van der Waals surface area contributed by atoms with Gasteiger partial charge in [-0.2, -0.15) is 0 Å². The van der Waals surface area contributed by atoms with Crippen molar-refractivity contribution in [1.82, 2.24) is 19.7 Å². The third-order valence-corrected chi connectivity index (χ3v) is 2.51. The van der Waals surface area contributed by atoms with Gasteiger partial charge in [-0.05, 0) is 25.1 Å². The van der Waals surface area contributed by atoms with Crippen molar-refractivity contribution in [3.05, 3.63) is 30.4 Å². The highest BCUT2D eigenvalue weighted by Gasteiger charge is 2.09. The predicted octanol–water partition coefficient (Wildman–Crippen LogP) is 0.768. The quantitative estimate of drug-likeness (QED) is 0.821. The summed E-state index contributed by atoms with van der Waals surface area (Å²) in [5.41, 5.74) is 6.51. The Morgan fingerprint density at radius 2 is 2.00 bits per heavy atom. The predicted molar refractivity (Wildman–Crippen MR) is 61.6 cm³/mol. The van der Waals surface area contributed by atoms with E-state index in [9.17, 15) is 0 Å². The van der Waals surface area contributed by atoms with E-state index in [0.29, 0.717) is 6.54 Å². The average Bonchev–Trinajstić information content (AvgIpc) is 2.69. The molecule has 0 unspecified atom stereocenters. The Hall–Kier alpha value is -1.75. The average molecular weight is 217 g/mol. The summed E-state index contributed by atoms with van der Waals surface area (Å²) >= 11 is 0. The molecule has 2 rings (SSSR count). The Morgan fingerprint density at radius 3 is 2.69 bits per heavy atom. The molecule has 0 radical (unpaired) electrons. The van der Waals surface area contributed by atoms with Crippen molar-refractivity contribution < 1.29 is 0 Å². The molecule has 16 heavy (non-hydrogen) atoms. The molecule has 0 bridgehead atoms. The fraction of sp³-hybridized carbons (Fsp3) is 0.364. The molecule has 0 aliphatic rings. The van der Waals surface area contributed by atoms with Crippen LogP contribution in [-0.2, 0) is 13.5 Å². The van der Waals surface area contributed by atoms with Crippen LogP contribution < -0.4 is 5.73 Å². The maximum Gasteiger partial charge on any atom is 0.163 e. The van der Waals surface area contributed by atoms with E-state index in [2.05, 4.69) is 15.2 Å². The third kappa shape index (κ3) is 2.09. The fourth-order valence-corrected chi connectivity index (χ4v) is 1.59. The normalized spacial score (nSPS) is 10.6. The Balaban J connectivity index is 2.27. The Morgan fingerprint density at radius 1 is 1.25 bits per heavy atom. The van der Waals surface area contributed by atoms with Crippen LogP contribution in [0.1, 0.15) is 12.2 Å². The zero-order valence-electron chi connectivity index (χ0n) is 9.30. The Labute approximate surface area is 94.3 Å². The molecule has 2 aromatic rings. The van der Waals surface area contributed by atoms with Crippen molar-refractivity contribution in [2.24, 2.45) is 12.8 Å². The molecule has 5 heteroatoms. The van der Waals surface area contributed by atoms with Gasteiger partial charge in [0.25, 0.3) is 0 Å². The first-order chi connectivity index (χ1) is 7.83. The van der Waals surface area contributed by atoms with E-state index in [1.807, 2.05) is 23.7 Å². The Bertz CT molecular complexity index is 449. The fourth-order valence-electron chi connectivity index (χ4n) is 1.59. The second-order valence-electron chi connectivity index (χ2n) is 3.63. The van der Waals surface area contributed by atoms with Crippen molar-refractivity contribution >= 4 is 0 Å². The summed E-state index contributed by atoms with van der Waals surface area (Å²) in [7, 11) is 1.97. The van der Waals surface area contributed by atoms with Gasteiger partial charge in [0.2, 0.25) is 0 Å². The second-order valence-corrected chi connectivity index (χ2v) is 3.63. The van der Waals surface area contributed by atoms with E-state index in [-0.39, 0.29) is 0 Å². The smallest absolute Gasteiger partial charge is 0.163 e. The molecule has 0 aliphatic carbocycles. The van der Waals surface area contributed by atoms with Crippen molar-refractivity contribution in [2.45, 2.75) is 12.8 Å². The molecule has 0 amide bonds. The lowest BCUT2D eigenvalue weighted by atomic mass is 10.2. The van der Waals surface area contributed by atoms with Crippen LogP contribution in [0.25, 0.3) is 11.4 Å². The molecule has 0 aliphatic heterocycles. The van der Waals surface area contributed by atoms with Crippen molar-refractivity contribution in [2.75, 3.05) is 6.54 Å². The number of nitrogens with two attached hydrogens (primary N) is 1. The zero-order valence-corrected chi connectivity index (χ0v) is 9.30. The minimum atomic E-state index is 0.678. The molecule has 5 nitrogen and oxygen atoms in total. The van der Waals surface area contributed by atoms with Gasteiger partial charge >= 0.3 is 0 Å². The molecule has 2 aromatic heterocycles. The number of nitrogens with zero attached hydrogens (tertiary/aromatic N) is 4. The number of aromatic nitrogens is 4. The van der Waals surface area contributed by atoms with Gasteiger partial charge in [0.1, 0.15) is 5.82 Å². The highest BCUT2D eigenvalue weighted by Crippen LogP contribution is 2.16. The zero-order chi connectivity index (χ0) is 11.4. The summed E-state index contributed by atoms with van der Waals surface area (Å²) in [5, 5.41) is 8.35. The largest absolute Gasteiger partial charge is 0.330 e. The van der Waals surface area contributed by atoms with Gasteiger partial charge < -0.3 is 10.3 Å². The first-order valence-electron chi connectivity index (χ1n) is 5.31. The van der Waals surface area contributed by atoms with Gasteiger partial charge in [0.15, 0.2) is 5.82 Å². The molecular formula is C11H15N5. The second kappa shape index (κ2) is 4.85. The van der Waals surface area contributed by atoms with Crippen LogP contribution in [0, 0.1) is 0 Å². The first kappa shape index (κ1) is 10.8. The number of hydrogen-bond donors (Lipinski definition) is 1. The van der Waals surface area contributed by atoms with Crippen LogP contribution in [-0.4, -0.2) is 26.3 Å². The molecule has 0 saturated heterocycles. The van der Waals surface area contributed by atoms with E-state index in [0.717, 1.165) is 30.1 Å². The van der Waals surface area contributed by atoms with Crippen molar-refractivity contribution in [1.29, 1.82) is 0 Å². The summed E-state index contributed by atoms with van der Waals surface area (Å²) in [5.74, 6) is 1.84. The van der Waals surface area contributed by atoms with E-state index >= 15 is 0 Å². The lowest BCUT2D eigenvalue weighted by molar-refractivity contribution is 0.731. The molecule has 0 atom stereocenters. The molecular weight excluding hydrogens is 202 g/mol. The molecule has 0 fully saturated rings. The van der Waals surface area contributed by atoms with Gasteiger partial charge in [-0.3, -0.25) is 4.98 Å². The summed E-state index contributed by atoms with van der Waals surface area (Å²) in [6.45, 7) is 0.678. The SMILES string of the molecule is Cn1c(CCCN)nnc1-c1ccncc1. The monoisotopic (exact) mass is 217 g/mol. The van der Waals surface area contributed by atoms with E-state index in [4.69, 9.17) is 5.73 Å². The number of aryl methyl sites for hydroxylation is 1. The van der Waals surface area contributed by atoms with Gasteiger partial charge in [-0.1, -0.05) is 0 Å². The van der Waals surface area contributed by atoms with Crippen molar-refractivity contribution in [3.8, 4) is 11.4 Å². The summed E-state index contributed by atoms with van der Waals surface area (Å²) < 4.78 is 2.00. The van der Waals surface area contributed by atoms with E-state index in [1.54, 1.807) is 12.4 Å². The summed E-state index contributed by atoms with van der Waals surface area (Å²) in [6, 6.07) is 3.85. The summed E-state index contributed by atoms with van der Waals surface area (Å²) in [6.07, 6.45) is 5.31. The van der Waals surface area contributed by atoms with Gasteiger partial charge in [0, 0.05) is 31.4 Å². The third-order valence-electron chi connectivity index (χ3n) is 2.51. The van der Waals surface area contributed by atoms with E-state index < -0.39 is 0 Å². The van der Waals surface area contributed by atoms with Crippen LogP contribution in [0.3, 0.4) is 0 Å². The lowest BCUT2D eigenvalue weighted by Crippen LogP contribution is -2.05. The van der Waals surface area contributed by atoms with Crippen LogP contribution >= 0.6 is 0 Å². The van der Waals surface area contributed by atoms with Gasteiger partial charge in [0.05, 0.1) is 0 Å². The minimum absolute atomic E-state index is 0.678. The number of rotatable bonds is 4. The minimum Gasteiger partial charge on any atom is -0.330 e. The number of hydrogen-bond acceptors (Lipinski definition) is 4. The van der Waals surface area contributed by atoms with Crippen LogP contribution in [0.15, 0.2) is 24.5 Å². The topological polar surface area (TPSA) is 69.6 Å². The molecule has 84 valence electrons. The lowest BCUT2D eigenvalue weighted by Gasteiger charge is -2.02. The molecule has 2 N–H and O–H groups in total. The highest BCUT2D eigenvalue weighted by atomic mass is 15.3. The summed E-state index contributed by atoms with van der Waals surface area (Å²) in [4.78, 5) is 3.98. The first-order valence-corrected chi connectivity index (χ1v) is 5.31. The standard InChI is InChI=1S/C11H15N5/c1-16-10(3-2-6-12)14-15-11(16)9-4-7-13-8-5-9/h4-5,7-8H,2-3,6,12H2,1H3. The highest BCUT2D eigenvalue weighted by molar-refractivity contribution is 5.53. The van der Waals surface area contributed by atoms with Crippen LogP contribution in [0.4, 0.5) is 0 Å². The Kier molecular flexibility index (Phi) is 3.26. The maximum atomic E-state index is 5.48. The van der Waals surface area contributed by atoms with Crippen LogP contribution in [0.5, 0.6) is 0 Å².